The average Bonchev–Trinajstić information content (AvgIpc) is 3.48. The molecule has 1 aliphatic heterocycles. The molecule has 1 saturated carbocycles. The molecule has 2 aromatic rings. The molecule has 2 aromatic carbocycles. The molecule has 2 aliphatic carbocycles. The van der Waals surface area contributed by atoms with Crippen LogP contribution in [-0.4, -0.2) is 29.7 Å². The molecule has 1 heterocycles. The highest BCUT2D eigenvalue weighted by Gasteiger charge is 2.60. The van der Waals surface area contributed by atoms with E-state index in [1.165, 1.54) is 4.90 Å². The molecule has 0 radical (unpaired) electrons. The Morgan fingerprint density at radius 1 is 1.06 bits per heavy atom. The summed E-state index contributed by atoms with van der Waals surface area (Å²) in [5, 5.41) is 2.94. The second-order valence-corrected chi connectivity index (χ2v) is 8.91. The summed E-state index contributed by atoms with van der Waals surface area (Å²) in [5.41, 5.74) is 2.38. The van der Waals surface area contributed by atoms with Crippen molar-refractivity contribution in [1.29, 1.82) is 0 Å². The lowest BCUT2D eigenvalue weighted by Crippen LogP contribution is -2.38. The number of ether oxygens (including phenoxy) is 1. The SMILES string of the molecule is COc1cccc(C(CC(=O)Nc2ccccc2C)N2C(=O)C3C4C=CC(C4)C3C2=O)c1. The monoisotopic (exact) mass is 430 g/mol. The summed E-state index contributed by atoms with van der Waals surface area (Å²) in [6.45, 7) is 1.92. The van der Waals surface area contributed by atoms with Crippen LogP contribution in [-0.2, 0) is 14.4 Å². The topological polar surface area (TPSA) is 75.7 Å². The van der Waals surface area contributed by atoms with Gasteiger partial charge in [0.05, 0.1) is 31.4 Å². The van der Waals surface area contributed by atoms with Crippen LogP contribution < -0.4 is 10.1 Å². The summed E-state index contributed by atoms with van der Waals surface area (Å²) in [5.74, 6) is -0.299. The van der Waals surface area contributed by atoms with Gasteiger partial charge in [0, 0.05) is 5.69 Å². The van der Waals surface area contributed by atoms with Crippen molar-refractivity contribution in [2.45, 2.75) is 25.8 Å². The summed E-state index contributed by atoms with van der Waals surface area (Å²) >= 11 is 0. The van der Waals surface area contributed by atoms with Crippen molar-refractivity contribution in [3.63, 3.8) is 0 Å². The third-order valence-corrected chi connectivity index (χ3v) is 7.09. The number of nitrogens with one attached hydrogen (secondary N) is 1. The Balaban J connectivity index is 1.46. The van der Waals surface area contributed by atoms with Gasteiger partial charge in [0.2, 0.25) is 17.7 Å². The lowest BCUT2D eigenvalue weighted by molar-refractivity contribution is -0.144. The molecule has 5 rings (SSSR count). The molecule has 3 aliphatic rings. The van der Waals surface area contributed by atoms with Crippen molar-refractivity contribution in [3.05, 3.63) is 71.8 Å². The highest BCUT2D eigenvalue weighted by atomic mass is 16.5. The van der Waals surface area contributed by atoms with Crippen LogP contribution in [0, 0.1) is 30.6 Å². The third-order valence-electron chi connectivity index (χ3n) is 7.09. The maximum Gasteiger partial charge on any atom is 0.234 e. The normalized spacial score (nSPS) is 26.4. The van der Waals surface area contributed by atoms with E-state index in [1.54, 1.807) is 19.2 Å². The van der Waals surface area contributed by atoms with E-state index < -0.39 is 6.04 Å². The van der Waals surface area contributed by atoms with Gasteiger partial charge in [-0.15, -0.1) is 0 Å². The summed E-state index contributed by atoms with van der Waals surface area (Å²) < 4.78 is 5.36. The molecule has 0 aromatic heterocycles. The quantitative estimate of drug-likeness (QED) is 0.557. The molecule has 0 spiro atoms. The largest absolute Gasteiger partial charge is 0.497 e. The van der Waals surface area contributed by atoms with E-state index in [0.29, 0.717) is 11.3 Å². The van der Waals surface area contributed by atoms with E-state index in [1.807, 2.05) is 43.3 Å². The van der Waals surface area contributed by atoms with Crippen LogP contribution in [0.5, 0.6) is 5.75 Å². The zero-order valence-corrected chi connectivity index (χ0v) is 18.2. The van der Waals surface area contributed by atoms with Gasteiger partial charge in [-0.2, -0.15) is 0 Å². The Morgan fingerprint density at radius 2 is 1.75 bits per heavy atom. The Kier molecular flexibility index (Phi) is 5.08. The average molecular weight is 431 g/mol. The second kappa shape index (κ2) is 7.93. The lowest BCUT2D eigenvalue weighted by atomic mass is 9.85. The first-order chi connectivity index (χ1) is 15.5. The molecule has 2 fully saturated rings. The lowest BCUT2D eigenvalue weighted by Gasteiger charge is -2.28. The first kappa shape index (κ1) is 20.5. The predicted molar refractivity (Wildman–Crippen MR) is 120 cm³/mol. The van der Waals surface area contributed by atoms with E-state index >= 15 is 0 Å². The summed E-state index contributed by atoms with van der Waals surface area (Å²) in [4.78, 5) is 41.3. The molecule has 5 atom stereocenters. The number of carbonyl (C=O) groups is 3. The van der Waals surface area contributed by atoms with Gasteiger partial charge >= 0.3 is 0 Å². The van der Waals surface area contributed by atoms with Crippen molar-refractivity contribution >= 4 is 23.4 Å². The number of methoxy groups -OCH3 is 1. The molecular weight excluding hydrogens is 404 g/mol. The van der Waals surface area contributed by atoms with Crippen LogP contribution in [0.2, 0.25) is 0 Å². The van der Waals surface area contributed by atoms with Crippen LogP contribution in [0.25, 0.3) is 0 Å². The Morgan fingerprint density at radius 3 is 2.41 bits per heavy atom. The minimum Gasteiger partial charge on any atom is -0.497 e. The molecule has 5 unspecified atom stereocenters. The molecular formula is C26H26N2O4. The van der Waals surface area contributed by atoms with Gasteiger partial charge in [0.15, 0.2) is 0 Å². The minimum absolute atomic E-state index is 0.0127. The first-order valence-corrected chi connectivity index (χ1v) is 11.0. The van der Waals surface area contributed by atoms with E-state index in [-0.39, 0.29) is 47.8 Å². The van der Waals surface area contributed by atoms with Crippen LogP contribution in [0.15, 0.2) is 60.7 Å². The van der Waals surface area contributed by atoms with Crippen LogP contribution >= 0.6 is 0 Å². The van der Waals surface area contributed by atoms with Crippen molar-refractivity contribution in [2.75, 3.05) is 12.4 Å². The number of aryl methyl sites for hydroxylation is 1. The van der Waals surface area contributed by atoms with E-state index in [4.69, 9.17) is 4.74 Å². The van der Waals surface area contributed by atoms with Crippen molar-refractivity contribution in [3.8, 4) is 5.75 Å². The smallest absolute Gasteiger partial charge is 0.234 e. The van der Waals surface area contributed by atoms with E-state index in [9.17, 15) is 14.4 Å². The number of fused-ring (bicyclic) bond motifs is 5. The fourth-order valence-electron chi connectivity index (χ4n) is 5.53. The fourth-order valence-corrected chi connectivity index (χ4v) is 5.53. The maximum absolute atomic E-state index is 13.5. The van der Waals surface area contributed by atoms with Crippen molar-refractivity contribution in [2.24, 2.45) is 23.7 Å². The van der Waals surface area contributed by atoms with Crippen LogP contribution in [0.1, 0.15) is 30.0 Å². The first-order valence-electron chi connectivity index (χ1n) is 11.0. The van der Waals surface area contributed by atoms with E-state index in [0.717, 1.165) is 17.7 Å². The molecule has 1 saturated heterocycles. The summed E-state index contributed by atoms with van der Waals surface area (Å²) in [6.07, 6.45) is 5.01. The zero-order valence-electron chi connectivity index (χ0n) is 18.2. The molecule has 32 heavy (non-hydrogen) atoms. The zero-order chi connectivity index (χ0) is 22.4. The van der Waals surface area contributed by atoms with Gasteiger partial charge in [0.1, 0.15) is 5.75 Å². The Bertz CT molecular complexity index is 1090. The van der Waals surface area contributed by atoms with E-state index in [2.05, 4.69) is 17.5 Å². The van der Waals surface area contributed by atoms with Gasteiger partial charge in [0.25, 0.3) is 0 Å². The predicted octanol–water partition coefficient (Wildman–Crippen LogP) is 3.88. The minimum atomic E-state index is -0.681. The standard InChI is InChI=1S/C26H26N2O4/c1-15-6-3-4-9-20(15)27-22(29)14-21(16-7-5-8-19(13-16)32-2)28-25(30)23-17-10-11-18(12-17)24(23)26(28)31/h3-11,13,17-18,21,23-24H,12,14H2,1-2H3,(H,27,29). The number of allylic oxidation sites excluding steroid dienone is 2. The Labute approximate surface area is 187 Å². The Hall–Kier alpha value is -3.41. The highest BCUT2D eigenvalue weighted by molar-refractivity contribution is 6.07. The molecule has 3 amide bonds. The van der Waals surface area contributed by atoms with Gasteiger partial charge in [-0.3, -0.25) is 19.3 Å². The number of amides is 3. The number of benzene rings is 2. The number of hydrogen-bond donors (Lipinski definition) is 1. The van der Waals surface area contributed by atoms with Crippen molar-refractivity contribution < 1.29 is 19.1 Å². The molecule has 164 valence electrons. The number of para-hydroxylation sites is 1. The fraction of sp³-hybridized carbons (Fsp3) is 0.346. The maximum atomic E-state index is 13.5. The number of rotatable bonds is 6. The third kappa shape index (κ3) is 3.30. The van der Waals surface area contributed by atoms with Crippen LogP contribution in [0.4, 0.5) is 5.69 Å². The highest BCUT2D eigenvalue weighted by Crippen LogP contribution is 2.54. The summed E-state index contributed by atoms with van der Waals surface area (Å²) in [6, 6.07) is 14.1. The number of carbonyl (C=O) groups excluding carboxylic acids is 3. The molecule has 6 nitrogen and oxygen atoms in total. The number of likely N-dealkylation sites (tertiary alicyclic amines) is 1. The molecule has 2 bridgehead atoms. The number of nitrogens with zero attached hydrogens (tertiary/aromatic N) is 1. The van der Waals surface area contributed by atoms with Gasteiger partial charge in [-0.05, 0) is 54.5 Å². The van der Waals surface area contributed by atoms with Crippen molar-refractivity contribution in [1.82, 2.24) is 4.90 Å². The molecule has 6 heteroatoms. The van der Waals surface area contributed by atoms with Gasteiger partial charge in [-0.25, -0.2) is 0 Å². The second-order valence-electron chi connectivity index (χ2n) is 8.91. The van der Waals surface area contributed by atoms with Crippen LogP contribution in [0.3, 0.4) is 0 Å². The number of imide groups is 1. The van der Waals surface area contributed by atoms with Gasteiger partial charge in [-0.1, -0.05) is 42.5 Å². The van der Waals surface area contributed by atoms with Gasteiger partial charge < -0.3 is 10.1 Å². The summed E-state index contributed by atoms with van der Waals surface area (Å²) in [7, 11) is 1.57. The number of hydrogen-bond acceptors (Lipinski definition) is 4. The number of anilines is 1. The molecule has 1 N–H and O–H groups in total.